The summed E-state index contributed by atoms with van der Waals surface area (Å²) in [5.74, 6) is -0.238. The first kappa shape index (κ1) is 11.3. The molecule has 0 radical (unpaired) electrons. The zero-order chi connectivity index (χ0) is 11.8. The number of halogens is 1. The number of fused-ring (bicyclic) bond motifs is 1. The third-order valence-corrected chi connectivity index (χ3v) is 3.25. The summed E-state index contributed by atoms with van der Waals surface area (Å²) in [7, 11) is 1.41. The maximum Gasteiger partial charge on any atom is 0.331 e. The molecule has 3 nitrogen and oxygen atoms in total. The molecule has 0 saturated carbocycles. The Bertz CT molecular complexity index is 433. The molecule has 1 heterocycles. The van der Waals surface area contributed by atoms with E-state index in [4.69, 9.17) is 16.3 Å². The van der Waals surface area contributed by atoms with Crippen LogP contribution in [0.2, 0.25) is 5.02 Å². The van der Waals surface area contributed by atoms with E-state index >= 15 is 0 Å². The molecule has 1 atom stereocenters. The molecule has 0 spiro atoms. The molecular weight excluding hydrogens is 226 g/mol. The maximum absolute atomic E-state index is 11.7. The molecule has 1 aliphatic rings. The molecule has 1 N–H and O–H groups in total. The number of anilines is 1. The van der Waals surface area contributed by atoms with E-state index in [1.165, 1.54) is 12.7 Å². The molecule has 1 aromatic rings. The summed E-state index contributed by atoms with van der Waals surface area (Å²) in [5, 5.41) is 3.87. The van der Waals surface area contributed by atoms with Crippen LogP contribution in [0.25, 0.3) is 0 Å². The molecule has 0 saturated heterocycles. The number of esters is 1. The van der Waals surface area contributed by atoms with Gasteiger partial charge in [0, 0.05) is 10.7 Å². The van der Waals surface area contributed by atoms with E-state index in [-0.39, 0.29) is 5.97 Å². The van der Waals surface area contributed by atoms with Crippen molar-refractivity contribution in [2.45, 2.75) is 25.3 Å². The quantitative estimate of drug-likeness (QED) is 0.766. The first-order valence-corrected chi connectivity index (χ1v) is 5.58. The highest BCUT2D eigenvalue weighted by atomic mass is 35.5. The Labute approximate surface area is 99.7 Å². The molecule has 16 heavy (non-hydrogen) atoms. The van der Waals surface area contributed by atoms with E-state index in [1.54, 1.807) is 0 Å². The van der Waals surface area contributed by atoms with Crippen LogP contribution >= 0.6 is 11.6 Å². The summed E-state index contributed by atoms with van der Waals surface area (Å²) in [5.41, 5.74) is 1.46. The van der Waals surface area contributed by atoms with E-state index in [2.05, 4.69) is 5.32 Å². The Morgan fingerprint density at radius 2 is 2.31 bits per heavy atom. The van der Waals surface area contributed by atoms with Crippen LogP contribution in [0.5, 0.6) is 0 Å². The van der Waals surface area contributed by atoms with Crippen molar-refractivity contribution in [3.63, 3.8) is 0 Å². The minimum atomic E-state index is -0.646. The molecule has 1 unspecified atom stereocenters. The van der Waals surface area contributed by atoms with Crippen LogP contribution in [-0.4, -0.2) is 18.6 Å². The van der Waals surface area contributed by atoms with Gasteiger partial charge in [-0.05, 0) is 37.5 Å². The van der Waals surface area contributed by atoms with E-state index in [0.29, 0.717) is 5.02 Å². The van der Waals surface area contributed by atoms with Crippen molar-refractivity contribution < 1.29 is 9.53 Å². The molecule has 0 bridgehead atoms. The van der Waals surface area contributed by atoms with Gasteiger partial charge in [-0.3, -0.25) is 0 Å². The maximum atomic E-state index is 11.7. The average molecular weight is 240 g/mol. The van der Waals surface area contributed by atoms with Crippen molar-refractivity contribution in [2.75, 3.05) is 12.4 Å². The molecule has 1 aliphatic heterocycles. The number of hydrogen-bond acceptors (Lipinski definition) is 3. The number of carbonyl (C=O) groups is 1. The zero-order valence-corrected chi connectivity index (χ0v) is 10.1. The molecule has 0 amide bonds. The predicted molar refractivity (Wildman–Crippen MR) is 63.8 cm³/mol. The van der Waals surface area contributed by atoms with Gasteiger partial charge >= 0.3 is 5.97 Å². The number of methoxy groups -OCH3 is 1. The fourth-order valence-electron chi connectivity index (χ4n) is 2.01. The summed E-state index contributed by atoms with van der Waals surface area (Å²) in [4.78, 5) is 11.7. The largest absolute Gasteiger partial charge is 0.467 e. The topological polar surface area (TPSA) is 38.3 Å². The normalized spacial score (nSPS) is 23.2. The number of hydrogen-bond donors (Lipinski definition) is 1. The Morgan fingerprint density at radius 3 is 3.00 bits per heavy atom. The van der Waals surface area contributed by atoms with Crippen molar-refractivity contribution in [3.8, 4) is 0 Å². The molecule has 0 aliphatic carbocycles. The molecule has 0 aromatic heterocycles. The smallest absolute Gasteiger partial charge is 0.331 e. The molecule has 4 heteroatoms. The Hall–Kier alpha value is -1.22. The standard InChI is InChI=1S/C12H14ClNO2/c1-12(11(15)16-2)6-5-8-3-4-9(13)7-10(8)14-12/h3-4,7,14H,5-6H2,1-2H3. The van der Waals surface area contributed by atoms with Crippen molar-refractivity contribution in [3.05, 3.63) is 28.8 Å². The summed E-state index contributed by atoms with van der Waals surface area (Å²) < 4.78 is 4.80. The van der Waals surface area contributed by atoms with Gasteiger partial charge in [-0.15, -0.1) is 0 Å². The fourth-order valence-corrected chi connectivity index (χ4v) is 2.18. The number of rotatable bonds is 1. The summed E-state index contributed by atoms with van der Waals surface area (Å²) in [6.07, 6.45) is 1.58. The number of nitrogens with one attached hydrogen (secondary N) is 1. The molecular formula is C12H14ClNO2. The van der Waals surface area contributed by atoms with Gasteiger partial charge in [0.25, 0.3) is 0 Å². The van der Waals surface area contributed by atoms with E-state index in [1.807, 2.05) is 25.1 Å². The lowest BCUT2D eigenvalue weighted by molar-refractivity contribution is -0.145. The molecule has 86 valence electrons. The summed E-state index contributed by atoms with van der Waals surface area (Å²) in [6.45, 7) is 1.85. The van der Waals surface area contributed by atoms with E-state index < -0.39 is 5.54 Å². The molecule has 0 fully saturated rings. The highest BCUT2D eigenvalue weighted by molar-refractivity contribution is 6.30. The summed E-state index contributed by atoms with van der Waals surface area (Å²) >= 11 is 5.93. The van der Waals surface area contributed by atoms with Crippen LogP contribution in [0.1, 0.15) is 18.9 Å². The Morgan fingerprint density at radius 1 is 1.56 bits per heavy atom. The Kier molecular flexibility index (Phi) is 2.80. The van der Waals surface area contributed by atoms with Crippen molar-refractivity contribution in [1.29, 1.82) is 0 Å². The van der Waals surface area contributed by atoms with Crippen molar-refractivity contribution >= 4 is 23.3 Å². The zero-order valence-electron chi connectivity index (χ0n) is 9.34. The van der Waals surface area contributed by atoms with Gasteiger partial charge in [-0.1, -0.05) is 17.7 Å². The number of carbonyl (C=O) groups excluding carboxylic acids is 1. The molecule has 1 aromatic carbocycles. The van der Waals surface area contributed by atoms with Gasteiger partial charge in [0.15, 0.2) is 0 Å². The second kappa shape index (κ2) is 3.98. The fraction of sp³-hybridized carbons (Fsp3) is 0.417. The second-order valence-electron chi connectivity index (χ2n) is 4.25. The summed E-state index contributed by atoms with van der Waals surface area (Å²) in [6, 6.07) is 5.70. The lowest BCUT2D eigenvalue weighted by atomic mass is 9.88. The highest BCUT2D eigenvalue weighted by Gasteiger charge is 2.37. The number of benzene rings is 1. The lowest BCUT2D eigenvalue weighted by Gasteiger charge is -2.34. The van der Waals surface area contributed by atoms with Crippen LogP contribution < -0.4 is 5.32 Å². The van der Waals surface area contributed by atoms with Gasteiger partial charge in [-0.2, -0.15) is 0 Å². The third-order valence-electron chi connectivity index (χ3n) is 3.01. The highest BCUT2D eigenvalue weighted by Crippen LogP contribution is 2.33. The van der Waals surface area contributed by atoms with Gasteiger partial charge in [-0.25, -0.2) is 4.79 Å². The SMILES string of the molecule is COC(=O)C1(C)CCc2ccc(Cl)cc2N1. The van der Waals surface area contributed by atoms with Crippen LogP contribution in [-0.2, 0) is 16.0 Å². The third kappa shape index (κ3) is 1.87. The van der Waals surface area contributed by atoms with Crippen molar-refractivity contribution in [1.82, 2.24) is 0 Å². The predicted octanol–water partition coefficient (Wildman–Crippen LogP) is 2.63. The van der Waals surface area contributed by atoms with Gasteiger partial charge < -0.3 is 10.1 Å². The lowest BCUT2D eigenvalue weighted by Crippen LogP contribution is -2.46. The van der Waals surface area contributed by atoms with Gasteiger partial charge in [0.1, 0.15) is 5.54 Å². The number of ether oxygens (including phenoxy) is 1. The van der Waals surface area contributed by atoms with Gasteiger partial charge in [0.05, 0.1) is 7.11 Å². The monoisotopic (exact) mass is 239 g/mol. The Balaban J connectivity index is 2.32. The van der Waals surface area contributed by atoms with Crippen LogP contribution in [0, 0.1) is 0 Å². The van der Waals surface area contributed by atoms with E-state index in [0.717, 1.165) is 18.5 Å². The minimum Gasteiger partial charge on any atom is -0.467 e. The first-order valence-electron chi connectivity index (χ1n) is 5.20. The first-order chi connectivity index (χ1) is 7.55. The second-order valence-corrected chi connectivity index (χ2v) is 4.69. The average Bonchev–Trinajstić information content (AvgIpc) is 2.27. The molecule has 2 rings (SSSR count). The van der Waals surface area contributed by atoms with Crippen molar-refractivity contribution in [2.24, 2.45) is 0 Å². The van der Waals surface area contributed by atoms with Crippen LogP contribution in [0.4, 0.5) is 5.69 Å². The number of aryl methyl sites for hydroxylation is 1. The van der Waals surface area contributed by atoms with Crippen LogP contribution in [0.15, 0.2) is 18.2 Å². The van der Waals surface area contributed by atoms with E-state index in [9.17, 15) is 4.79 Å². The minimum absolute atomic E-state index is 0.238. The van der Waals surface area contributed by atoms with Gasteiger partial charge in [0.2, 0.25) is 0 Å². The van der Waals surface area contributed by atoms with Crippen LogP contribution in [0.3, 0.4) is 0 Å².